The topological polar surface area (TPSA) is 41.3 Å². The molecule has 2 heterocycles. The first-order chi connectivity index (χ1) is 10.3. The molecule has 0 aliphatic carbocycles. The molecule has 21 heavy (non-hydrogen) atoms. The standard InChI is InChI=1S/C17H23N3O/c1-3-8-18-11-15-12-21-17(19-15)20-9-4-5-14-10-13(2)6-7-16(14)20/h6-7,10,12,18H,3-5,8-9,11H2,1-2H3. The van der Waals surface area contributed by atoms with E-state index in [4.69, 9.17) is 4.42 Å². The summed E-state index contributed by atoms with van der Waals surface area (Å²) in [5.41, 5.74) is 4.91. The van der Waals surface area contributed by atoms with Gasteiger partial charge < -0.3 is 9.73 Å². The molecule has 1 aromatic carbocycles. The number of aryl methyl sites for hydroxylation is 2. The van der Waals surface area contributed by atoms with Gasteiger partial charge in [0.05, 0.1) is 5.69 Å². The molecule has 1 aliphatic heterocycles. The van der Waals surface area contributed by atoms with E-state index in [2.05, 4.69) is 47.2 Å². The van der Waals surface area contributed by atoms with Crippen LogP contribution in [0.2, 0.25) is 0 Å². The SMILES string of the molecule is CCCNCc1coc(N2CCCc3cc(C)ccc32)n1. The van der Waals surface area contributed by atoms with Crippen LogP contribution in [0.15, 0.2) is 28.9 Å². The van der Waals surface area contributed by atoms with E-state index in [9.17, 15) is 0 Å². The van der Waals surface area contributed by atoms with Crippen LogP contribution in [0.4, 0.5) is 11.7 Å². The quantitative estimate of drug-likeness (QED) is 0.853. The molecule has 2 aromatic rings. The summed E-state index contributed by atoms with van der Waals surface area (Å²) in [4.78, 5) is 6.82. The highest BCUT2D eigenvalue weighted by atomic mass is 16.4. The lowest BCUT2D eigenvalue weighted by Crippen LogP contribution is -2.25. The number of hydrogen-bond donors (Lipinski definition) is 1. The van der Waals surface area contributed by atoms with Crippen molar-refractivity contribution < 1.29 is 4.42 Å². The fourth-order valence-corrected chi connectivity index (χ4v) is 2.82. The molecular formula is C17H23N3O. The van der Waals surface area contributed by atoms with Gasteiger partial charge in [0.15, 0.2) is 0 Å². The maximum atomic E-state index is 5.70. The van der Waals surface area contributed by atoms with Gasteiger partial charge in [-0.25, -0.2) is 0 Å². The predicted octanol–water partition coefficient (Wildman–Crippen LogP) is 3.57. The summed E-state index contributed by atoms with van der Waals surface area (Å²) in [5.74, 6) is 0. The maximum Gasteiger partial charge on any atom is 0.302 e. The van der Waals surface area contributed by atoms with E-state index in [1.54, 1.807) is 6.26 Å². The number of hydrogen-bond acceptors (Lipinski definition) is 4. The van der Waals surface area contributed by atoms with Crippen LogP contribution in [-0.4, -0.2) is 18.1 Å². The molecule has 0 atom stereocenters. The molecule has 0 radical (unpaired) electrons. The van der Waals surface area contributed by atoms with E-state index in [1.807, 2.05) is 0 Å². The van der Waals surface area contributed by atoms with E-state index >= 15 is 0 Å². The molecule has 0 unspecified atom stereocenters. The van der Waals surface area contributed by atoms with Gasteiger partial charge in [-0.2, -0.15) is 4.98 Å². The van der Waals surface area contributed by atoms with E-state index in [0.717, 1.165) is 44.6 Å². The molecule has 0 saturated carbocycles. The summed E-state index contributed by atoms with van der Waals surface area (Å²) in [7, 11) is 0. The van der Waals surface area contributed by atoms with Crippen LogP contribution in [0.5, 0.6) is 0 Å². The first-order valence-corrected chi connectivity index (χ1v) is 7.80. The molecule has 1 N–H and O–H groups in total. The summed E-state index contributed by atoms with van der Waals surface area (Å²) in [6, 6.07) is 7.33. The number of nitrogens with one attached hydrogen (secondary N) is 1. The van der Waals surface area contributed by atoms with Gasteiger partial charge in [-0.15, -0.1) is 0 Å². The average molecular weight is 285 g/mol. The van der Waals surface area contributed by atoms with Crippen molar-refractivity contribution in [2.24, 2.45) is 0 Å². The zero-order valence-electron chi connectivity index (χ0n) is 12.9. The Morgan fingerprint density at radius 2 is 2.29 bits per heavy atom. The molecule has 0 fully saturated rings. The van der Waals surface area contributed by atoms with Gasteiger partial charge in [0.1, 0.15) is 6.26 Å². The average Bonchev–Trinajstić information content (AvgIpc) is 2.95. The smallest absolute Gasteiger partial charge is 0.302 e. The number of rotatable bonds is 5. The third-order valence-corrected chi connectivity index (χ3v) is 3.86. The van der Waals surface area contributed by atoms with Crippen molar-refractivity contribution in [3.05, 3.63) is 41.3 Å². The zero-order valence-corrected chi connectivity index (χ0v) is 12.9. The van der Waals surface area contributed by atoms with Gasteiger partial charge in [-0.1, -0.05) is 24.6 Å². The molecule has 0 amide bonds. The van der Waals surface area contributed by atoms with Crippen LogP contribution in [0.1, 0.15) is 36.6 Å². The van der Waals surface area contributed by atoms with Crippen molar-refractivity contribution in [1.29, 1.82) is 0 Å². The number of fused-ring (bicyclic) bond motifs is 1. The monoisotopic (exact) mass is 285 g/mol. The number of aromatic nitrogens is 1. The van der Waals surface area contributed by atoms with Crippen molar-refractivity contribution in [2.45, 2.75) is 39.7 Å². The van der Waals surface area contributed by atoms with Crippen LogP contribution >= 0.6 is 0 Å². The first-order valence-electron chi connectivity index (χ1n) is 7.80. The first kappa shape index (κ1) is 14.1. The van der Waals surface area contributed by atoms with Crippen LogP contribution in [-0.2, 0) is 13.0 Å². The van der Waals surface area contributed by atoms with Gasteiger partial charge in [0, 0.05) is 18.8 Å². The summed E-state index contributed by atoms with van der Waals surface area (Å²) >= 11 is 0. The summed E-state index contributed by atoms with van der Waals surface area (Å²) in [5, 5.41) is 3.35. The molecule has 3 rings (SSSR count). The van der Waals surface area contributed by atoms with E-state index in [1.165, 1.54) is 16.8 Å². The Labute approximate surface area is 126 Å². The number of oxazole rings is 1. The highest BCUT2D eigenvalue weighted by Gasteiger charge is 2.21. The van der Waals surface area contributed by atoms with Gasteiger partial charge in [0.2, 0.25) is 0 Å². The molecule has 0 bridgehead atoms. The minimum Gasteiger partial charge on any atom is -0.431 e. The number of anilines is 2. The number of benzene rings is 1. The second kappa shape index (κ2) is 6.31. The van der Waals surface area contributed by atoms with Crippen molar-refractivity contribution in [2.75, 3.05) is 18.0 Å². The Morgan fingerprint density at radius 1 is 1.38 bits per heavy atom. The normalized spacial score (nSPS) is 14.3. The van der Waals surface area contributed by atoms with Crippen LogP contribution in [0, 0.1) is 6.92 Å². The van der Waals surface area contributed by atoms with Crippen LogP contribution in [0.3, 0.4) is 0 Å². The Morgan fingerprint density at radius 3 is 3.14 bits per heavy atom. The van der Waals surface area contributed by atoms with Crippen molar-refractivity contribution >= 4 is 11.7 Å². The summed E-state index contributed by atoms with van der Waals surface area (Å²) in [6.07, 6.45) is 5.17. The summed E-state index contributed by atoms with van der Waals surface area (Å²) < 4.78 is 5.70. The minimum absolute atomic E-state index is 0.716. The largest absolute Gasteiger partial charge is 0.431 e. The van der Waals surface area contributed by atoms with Crippen LogP contribution < -0.4 is 10.2 Å². The fourth-order valence-electron chi connectivity index (χ4n) is 2.82. The molecule has 0 spiro atoms. The van der Waals surface area contributed by atoms with Crippen molar-refractivity contribution in [3.63, 3.8) is 0 Å². The van der Waals surface area contributed by atoms with Crippen molar-refractivity contribution in [1.82, 2.24) is 10.3 Å². The molecule has 1 aromatic heterocycles. The highest BCUT2D eigenvalue weighted by molar-refractivity contribution is 5.63. The third kappa shape index (κ3) is 3.10. The molecule has 4 nitrogen and oxygen atoms in total. The molecule has 1 aliphatic rings. The number of nitrogens with zero attached hydrogens (tertiary/aromatic N) is 2. The lowest BCUT2D eigenvalue weighted by Gasteiger charge is -2.28. The Balaban J connectivity index is 1.79. The lowest BCUT2D eigenvalue weighted by atomic mass is 10.00. The fraction of sp³-hybridized carbons (Fsp3) is 0.471. The Kier molecular flexibility index (Phi) is 4.25. The summed E-state index contributed by atoms with van der Waals surface area (Å²) in [6.45, 7) is 7.05. The Bertz CT molecular complexity index is 606. The van der Waals surface area contributed by atoms with Crippen LogP contribution in [0.25, 0.3) is 0 Å². The van der Waals surface area contributed by atoms with E-state index in [-0.39, 0.29) is 0 Å². The highest BCUT2D eigenvalue weighted by Crippen LogP contribution is 2.33. The minimum atomic E-state index is 0.716. The molecule has 112 valence electrons. The predicted molar refractivity (Wildman–Crippen MR) is 85.0 cm³/mol. The van der Waals surface area contributed by atoms with E-state index in [0.29, 0.717) is 6.01 Å². The van der Waals surface area contributed by atoms with Gasteiger partial charge in [-0.3, -0.25) is 4.90 Å². The zero-order chi connectivity index (χ0) is 14.7. The van der Waals surface area contributed by atoms with Gasteiger partial charge in [0.25, 0.3) is 0 Å². The van der Waals surface area contributed by atoms with Crippen molar-refractivity contribution in [3.8, 4) is 0 Å². The second-order valence-electron chi connectivity index (χ2n) is 5.69. The molecule has 0 saturated heterocycles. The third-order valence-electron chi connectivity index (χ3n) is 3.86. The molecular weight excluding hydrogens is 262 g/mol. The Hall–Kier alpha value is -1.81. The lowest BCUT2D eigenvalue weighted by molar-refractivity contribution is 0.542. The van der Waals surface area contributed by atoms with E-state index < -0.39 is 0 Å². The van der Waals surface area contributed by atoms with Gasteiger partial charge >= 0.3 is 6.01 Å². The maximum absolute atomic E-state index is 5.70. The van der Waals surface area contributed by atoms with Gasteiger partial charge in [-0.05, 0) is 44.4 Å². The molecule has 4 heteroatoms. The second-order valence-corrected chi connectivity index (χ2v) is 5.69.